The molecule has 1 amide bonds. The van der Waals surface area contributed by atoms with Crippen molar-refractivity contribution in [3.8, 4) is 11.5 Å². The Kier molecular flexibility index (Phi) is 6.54. The highest BCUT2D eigenvalue weighted by atomic mass is 16.5. The quantitative estimate of drug-likeness (QED) is 0.615. The van der Waals surface area contributed by atoms with E-state index in [1.807, 2.05) is 42.2 Å². The number of piperidine rings is 1. The monoisotopic (exact) mass is 432 g/mol. The molecule has 1 saturated heterocycles. The summed E-state index contributed by atoms with van der Waals surface area (Å²) in [6.45, 7) is 3.28. The molecule has 1 atom stereocenters. The van der Waals surface area contributed by atoms with E-state index in [9.17, 15) is 4.79 Å². The maximum Gasteiger partial charge on any atom is 0.261 e. The molecule has 2 aromatic heterocycles. The summed E-state index contributed by atoms with van der Waals surface area (Å²) in [5.41, 5.74) is 3.32. The number of carbonyl (C=O) groups is 1. The van der Waals surface area contributed by atoms with Crippen LogP contribution in [0.25, 0.3) is 0 Å². The topological polar surface area (TPSA) is 76.6 Å². The fourth-order valence-electron chi connectivity index (χ4n) is 4.18. The van der Waals surface area contributed by atoms with Crippen LogP contribution in [-0.2, 0) is 0 Å². The molecule has 0 saturated carbocycles. The van der Waals surface area contributed by atoms with Gasteiger partial charge in [0.1, 0.15) is 22.9 Å². The number of aromatic nitrogens is 2. The fourth-order valence-corrected chi connectivity index (χ4v) is 4.18. The van der Waals surface area contributed by atoms with Crippen LogP contribution in [0.4, 0.5) is 11.5 Å². The van der Waals surface area contributed by atoms with Gasteiger partial charge in [0, 0.05) is 42.3 Å². The van der Waals surface area contributed by atoms with Crippen LogP contribution < -0.4 is 14.8 Å². The Balaban J connectivity index is 1.57. The molecule has 1 N–H and O–H groups in total. The Hall–Kier alpha value is -3.61. The van der Waals surface area contributed by atoms with E-state index in [0.717, 1.165) is 35.7 Å². The lowest BCUT2D eigenvalue weighted by Crippen LogP contribution is -2.39. The number of nitrogens with one attached hydrogen (secondary N) is 1. The van der Waals surface area contributed by atoms with Crippen LogP contribution in [0.3, 0.4) is 0 Å². The second-order valence-electron chi connectivity index (χ2n) is 7.89. The smallest absolute Gasteiger partial charge is 0.261 e. The van der Waals surface area contributed by atoms with Gasteiger partial charge in [0.15, 0.2) is 0 Å². The summed E-state index contributed by atoms with van der Waals surface area (Å²) in [5, 5.41) is 3.35. The number of benzene rings is 1. The van der Waals surface area contributed by atoms with Crippen molar-refractivity contribution < 1.29 is 14.3 Å². The molecule has 0 aliphatic carbocycles. The third kappa shape index (κ3) is 4.66. The van der Waals surface area contributed by atoms with E-state index in [0.29, 0.717) is 30.2 Å². The Morgan fingerprint density at radius 3 is 2.56 bits per heavy atom. The molecule has 7 heteroatoms. The summed E-state index contributed by atoms with van der Waals surface area (Å²) in [6, 6.07) is 15.2. The van der Waals surface area contributed by atoms with Gasteiger partial charge in [0.25, 0.3) is 5.91 Å². The zero-order valence-corrected chi connectivity index (χ0v) is 18.7. The van der Waals surface area contributed by atoms with Crippen LogP contribution in [0.2, 0.25) is 0 Å². The molecule has 1 aliphatic heterocycles. The molecule has 4 rings (SSSR count). The number of pyridine rings is 2. The standard InChI is InChI=1S/C25H28N4O3/c1-17-14-19(28-23-11-4-5-12-26-23)15-20(27-17)18-8-7-13-29(16-18)25(30)24-21(31-2)9-6-10-22(24)32-3/h4-6,9-12,14-15,18H,7-8,13,16H2,1-3H3,(H,26,27,28)/t18-/m0/s1. The third-order valence-corrected chi connectivity index (χ3v) is 5.68. The van der Waals surface area contributed by atoms with Gasteiger partial charge >= 0.3 is 0 Å². The van der Waals surface area contributed by atoms with Crippen molar-refractivity contribution in [2.24, 2.45) is 0 Å². The normalized spacial score (nSPS) is 15.8. The molecule has 3 aromatic rings. The first-order chi connectivity index (χ1) is 15.6. The van der Waals surface area contributed by atoms with Crippen molar-refractivity contribution >= 4 is 17.4 Å². The molecule has 0 unspecified atom stereocenters. The summed E-state index contributed by atoms with van der Waals surface area (Å²) < 4.78 is 10.9. The molecular weight excluding hydrogens is 404 g/mol. The van der Waals surface area contributed by atoms with Gasteiger partial charge < -0.3 is 19.7 Å². The summed E-state index contributed by atoms with van der Waals surface area (Å²) in [4.78, 5) is 24.4. The lowest BCUT2D eigenvalue weighted by Gasteiger charge is -2.33. The van der Waals surface area contributed by atoms with Gasteiger partial charge in [-0.1, -0.05) is 12.1 Å². The van der Waals surface area contributed by atoms with Crippen LogP contribution in [0.1, 0.15) is 40.5 Å². The number of hydrogen-bond acceptors (Lipinski definition) is 6. The Bertz CT molecular complexity index is 1070. The highest BCUT2D eigenvalue weighted by Gasteiger charge is 2.30. The lowest BCUT2D eigenvalue weighted by atomic mass is 9.93. The molecule has 3 heterocycles. The number of amides is 1. The van der Waals surface area contributed by atoms with Crippen molar-refractivity contribution in [2.75, 3.05) is 32.6 Å². The molecule has 0 radical (unpaired) electrons. The van der Waals surface area contributed by atoms with E-state index in [-0.39, 0.29) is 11.8 Å². The summed E-state index contributed by atoms with van der Waals surface area (Å²) >= 11 is 0. The van der Waals surface area contributed by atoms with E-state index < -0.39 is 0 Å². The van der Waals surface area contributed by atoms with Gasteiger partial charge in [-0.2, -0.15) is 0 Å². The van der Waals surface area contributed by atoms with E-state index in [1.54, 1.807) is 32.5 Å². The number of aryl methyl sites for hydroxylation is 1. The SMILES string of the molecule is COc1cccc(OC)c1C(=O)N1CCC[C@H](c2cc(Nc3ccccn3)cc(C)n2)C1. The number of anilines is 2. The fraction of sp³-hybridized carbons (Fsp3) is 0.320. The number of rotatable bonds is 6. The average molecular weight is 433 g/mol. The van der Waals surface area contributed by atoms with Crippen molar-refractivity contribution in [1.29, 1.82) is 0 Å². The molecular formula is C25H28N4O3. The zero-order chi connectivity index (χ0) is 22.5. The number of ether oxygens (including phenoxy) is 2. The molecule has 7 nitrogen and oxygen atoms in total. The third-order valence-electron chi connectivity index (χ3n) is 5.68. The minimum atomic E-state index is -0.0801. The predicted molar refractivity (Wildman–Crippen MR) is 124 cm³/mol. The molecule has 1 fully saturated rings. The number of nitrogens with zero attached hydrogens (tertiary/aromatic N) is 3. The number of hydrogen-bond donors (Lipinski definition) is 1. The minimum absolute atomic E-state index is 0.0801. The van der Waals surface area contributed by atoms with Gasteiger partial charge in [-0.3, -0.25) is 9.78 Å². The zero-order valence-electron chi connectivity index (χ0n) is 18.7. The number of carbonyl (C=O) groups excluding carboxylic acids is 1. The molecule has 0 bridgehead atoms. The second-order valence-corrected chi connectivity index (χ2v) is 7.89. The highest BCUT2D eigenvalue weighted by molar-refractivity contribution is 5.99. The van der Waals surface area contributed by atoms with E-state index in [1.165, 1.54) is 0 Å². The van der Waals surface area contributed by atoms with Gasteiger partial charge in [-0.15, -0.1) is 0 Å². The second kappa shape index (κ2) is 9.68. The number of methoxy groups -OCH3 is 2. The van der Waals surface area contributed by atoms with Crippen molar-refractivity contribution in [2.45, 2.75) is 25.7 Å². The van der Waals surface area contributed by atoms with Gasteiger partial charge in [-0.05, 0) is 56.2 Å². The largest absolute Gasteiger partial charge is 0.496 e. The Morgan fingerprint density at radius 1 is 1.09 bits per heavy atom. The molecule has 32 heavy (non-hydrogen) atoms. The predicted octanol–water partition coefficient (Wildman–Crippen LogP) is 4.57. The van der Waals surface area contributed by atoms with Crippen molar-refractivity contribution in [1.82, 2.24) is 14.9 Å². The van der Waals surface area contributed by atoms with Crippen LogP contribution in [0.15, 0.2) is 54.7 Å². The summed E-state index contributed by atoms with van der Waals surface area (Å²) in [5.74, 6) is 1.90. The maximum atomic E-state index is 13.4. The molecule has 0 spiro atoms. The molecule has 1 aliphatic rings. The summed E-state index contributed by atoms with van der Waals surface area (Å²) in [7, 11) is 3.13. The maximum absolute atomic E-state index is 13.4. The van der Waals surface area contributed by atoms with E-state index >= 15 is 0 Å². The first kappa shape index (κ1) is 21.6. The van der Waals surface area contributed by atoms with Gasteiger partial charge in [-0.25, -0.2) is 4.98 Å². The Labute approximate surface area is 188 Å². The minimum Gasteiger partial charge on any atom is -0.496 e. The van der Waals surface area contributed by atoms with E-state index in [2.05, 4.69) is 16.4 Å². The first-order valence-electron chi connectivity index (χ1n) is 10.8. The highest BCUT2D eigenvalue weighted by Crippen LogP contribution is 2.33. The van der Waals surface area contributed by atoms with Crippen molar-refractivity contribution in [3.05, 3.63) is 71.7 Å². The first-order valence-corrected chi connectivity index (χ1v) is 10.8. The number of likely N-dealkylation sites (tertiary alicyclic amines) is 1. The molecule has 166 valence electrons. The lowest BCUT2D eigenvalue weighted by molar-refractivity contribution is 0.0699. The molecule has 1 aromatic carbocycles. The van der Waals surface area contributed by atoms with Crippen LogP contribution in [0.5, 0.6) is 11.5 Å². The van der Waals surface area contributed by atoms with Gasteiger partial charge in [0.05, 0.1) is 14.2 Å². The van der Waals surface area contributed by atoms with Crippen LogP contribution >= 0.6 is 0 Å². The average Bonchev–Trinajstić information content (AvgIpc) is 2.83. The van der Waals surface area contributed by atoms with Crippen LogP contribution in [0, 0.1) is 6.92 Å². The summed E-state index contributed by atoms with van der Waals surface area (Å²) in [6.07, 6.45) is 3.65. The Morgan fingerprint density at radius 2 is 1.88 bits per heavy atom. The van der Waals surface area contributed by atoms with Crippen LogP contribution in [-0.4, -0.2) is 48.1 Å². The van der Waals surface area contributed by atoms with Crippen molar-refractivity contribution in [3.63, 3.8) is 0 Å². The van der Waals surface area contributed by atoms with E-state index in [4.69, 9.17) is 14.5 Å². The van der Waals surface area contributed by atoms with Gasteiger partial charge in [0.2, 0.25) is 0 Å².